The smallest absolute Gasteiger partial charge is 0.184 e. The molecule has 0 aliphatic heterocycles. The predicted molar refractivity (Wildman–Crippen MR) is 77.4 cm³/mol. The van der Waals surface area contributed by atoms with Gasteiger partial charge in [-0.2, -0.15) is 5.10 Å². The Morgan fingerprint density at radius 1 is 1.59 bits per heavy atom. The molecule has 92 valence electrons. The van der Waals surface area contributed by atoms with Crippen LogP contribution in [-0.4, -0.2) is 17.4 Å². The van der Waals surface area contributed by atoms with Crippen LogP contribution in [0.25, 0.3) is 0 Å². The predicted octanol–water partition coefficient (Wildman–Crippen LogP) is 2.40. The van der Waals surface area contributed by atoms with E-state index in [4.69, 9.17) is 10.5 Å². The molecule has 0 unspecified atom stereocenters. The molecule has 0 aromatic heterocycles. The van der Waals surface area contributed by atoms with E-state index in [2.05, 4.69) is 38.7 Å². The third kappa shape index (κ3) is 5.14. The van der Waals surface area contributed by atoms with Gasteiger partial charge < -0.3 is 10.5 Å². The monoisotopic (exact) mass is 315 g/mol. The molecule has 0 heterocycles. The second-order valence-electron chi connectivity index (χ2n) is 3.59. The first kappa shape index (κ1) is 13.9. The van der Waals surface area contributed by atoms with Gasteiger partial charge in [0.25, 0.3) is 0 Å². The molecule has 0 spiro atoms. The van der Waals surface area contributed by atoms with Gasteiger partial charge in [-0.15, -0.1) is 0 Å². The van der Waals surface area contributed by atoms with Crippen molar-refractivity contribution in [3.05, 3.63) is 28.2 Å². The van der Waals surface area contributed by atoms with E-state index in [9.17, 15) is 0 Å². The van der Waals surface area contributed by atoms with Crippen LogP contribution in [-0.2, 0) is 0 Å². The topological polar surface area (TPSA) is 59.6 Å². The highest BCUT2D eigenvalue weighted by atomic mass is 79.9. The Bertz CT molecular complexity index is 435. The van der Waals surface area contributed by atoms with Gasteiger partial charge in [-0.1, -0.05) is 6.07 Å². The molecule has 0 amide bonds. The minimum absolute atomic E-state index is 0.119. The Labute approximate surface area is 114 Å². The highest BCUT2D eigenvalue weighted by Crippen LogP contribution is 2.26. The van der Waals surface area contributed by atoms with Crippen LogP contribution < -0.4 is 15.9 Å². The molecule has 1 aromatic rings. The fraction of sp³-hybridized carbons (Fsp3) is 0.273. The average Bonchev–Trinajstić information content (AvgIpc) is 2.21. The maximum atomic E-state index is 5.63. The molecule has 0 bridgehead atoms. The summed E-state index contributed by atoms with van der Waals surface area (Å²) in [6.45, 7) is 3.95. The first-order valence-corrected chi connectivity index (χ1v) is 6.24. The number of nitrogens with zero attached hydrogens (tertiary/aromatic N) is 1. The Kier molecular flexibility index (Phi) is 5.37. The van der Waals surface area contributed by atoms with Gasteiger partial charge in [0.2, 0.25) is 0 Å². The minimum Gasteiger partial charge on any atom is -0.490 e. The van der Waals surface area contributed by atoms with Gasteiger partial charge in [-0.3, -0.25) is 5.43 Å². The maximum Gasteiger partial charge on any atom is 0.184 e. The van der Waals surface area contributed by atoms with Crippen molar-refractivity contribution < 1.29 is 4.74 Å². The molecule has 17 heavy (non-hydrogen) atoms. The molecular formula is C11H14BrN3OS. The van der Waals surface area contributed by atoms with Gasteiger partial charge in [-0.05, 0) is 59.7 Å². The Morgan fingerprint density at radius 3 is 2.88 bits per heavy atom. The van der Waals surface area contributed by atoms with E-state index in [1.807, 2.05) is 32.0 Å². The number of rotatable bonds is 4. The van der Waals surface area contributed by atoms with E-state index in [0.29, 0.717) is 0 Å². The van der Waals surface area contributed by atoms with Crippen molar-refractivity contribution in [2.45, 2.75) is 20.0 Å². The highest BCUT2D eigenvalue weighted by Gasteiger charge is 2.03. The SMILES string of the molecule is CC(C)Oc1cc(C=NNC(N)=S)ccc1Br. The molecule has 1 rings (SSSR count). The summed E-state index contributed by atoms with van der Waals surface area (Å²) in [6, 6.07) is 5.69. The van der Waals surface area contributed by atoms with Crippen molar-refractivity contribution in [3.8, 4) is 5.75 Å². The Balaban J connectivity index is 2.81. The van der Waals surface area contributed by atoms with E-state index in [-0.39, 0.29) is 11.2 Å². The van der Waals surface area contributed by atoms with Crippen molar-refractivity contribution >= 4 is 39.5 Å². The Hall–Kier alpha value is -1.14. The van der Waals surface area contributed by atoms with Gasteiger partial charge in [-0.25, -0.2) is 0 Å². The summed E-state index contributed by atoms with van der Waals surface area (Å²) in [4.78, 5) is 0. The molecular weight excluding hydrogens is 302 g/mol. The van der Waals surface area contributed by atoms with Crippen LogP contribution in [0.5, 0.6) is 5.75 Å². The van der Waals surface area contributed by atoms with E-state index in [1.165, 1.54) is 0 Å². The summed E-state index contributed by atoms with van der Waals surface area (Å²) < 4.78 is 6.54. The third-order valence-electron chi connectivity index (χ3n) is 1.71. The van der Waals surface area contributed by atoms with Crippen molar-refractivity contribution in [3.63, 3.8) is 0 Å². The van der Waals surface area contributed by atoms with Gasteiger partial charge in [0.15, 0.2) is 5.11 Å². The van der Waals surface area contributed by atoms with E-state index < -0.39 is 0 Å². The van der Waals surface area contributed by atoms with Gasteiger partial charge in [0.1, 0.15) is 5.75 Å². The second kappa shape index (κ2) is 6.56. The first-order valence-electron chi connectivity index (χ1n) is 5.03. The molecule has 0 aliphatic carbocycles. The highest BCUT2D eigenvalue weighted by molar-refractivity contribution is 9.10. The number of nitrogens with one attached hydrogen (secondary N) is 1. The summed E-state index contributed by atoms with van der Waals surface area (Å²) in [5.41, 5.74) is 8.64. The van der Waals surface area contributed by atoms with Crippen molar-refractivity contribution in [2.75, 3.05) is 0 Å². The van der Waals surface area contributed by atoms with Crippen molar-refractivity contribution in [1.82, 2.24) is 5.43 Å². The fourth-order valence-electron chi connectivity index (χ4n) is 1.11. The zero-order valence-electron chi connectivity index (χ0n) is 9.61. The normalized spacial score (nSPS) is 10.8. The number of hydrazone groups is 1. The summed E-state index contributed by atoms with van der Waals surface area (Å²) in [5.74, 6) is 0.777. The molecule has 0 atom stereocenters. The van der Waals surface area contributed by atoms with Crippen LogP contribution >= 0.6 is 28.1 Å². The molecule has 0 aliphatic rings. The van der Waals surface area contributed by atoms with Gasteiger partial charge in [0.05, 0.1) is 16.8 Å². The molecule has 0 fully saturated rings. The maximum absolute atomic E-state index is 5.63. The van der Waals surface area contributed by atoms with Gasteiger partial charge >= 0.3 is 0 Å². The zero-order chi connectivity index (χ0) is 12.8. The van der Waals surface area contributed by atoms with Crippen LogP contribution in [0.4, 0.5) is 0 Å². The molecule has 0 radical (unpaired) electrons. The lowest BCUT2D eigenvalue weighted by Gasteiger charge is -2.11. The van der Waals surface area contributed by atoms with E-state index in [0.717, 1.165) is 15.8 Å². The quantitative estimate of drug-likeness (QED) is 0.509. The summed E-state index contributed by atoms with van der Waals surface area (Å²) >= 11 is 8.06. The lowest BCUT2D eigenvalue weighted by molar-refractivity contribution is 0.241. The fourth-order valence-corrected chi connectivity index (χ4v) is 1.51. The molecule has 3 N–H and O–H groups in total. The van der Waals surface area contributed by atoms with Gasteiger partial charge in [0, 0.05) is 0 Å². The lowest BCUT2D eigenvalue weighted by Crippen LogP contribution is -2.23. The molecule has 0 saturated carbocycles. The van der Waals surface area contributed by atoms with Crippen molar-refractivity contribution in [1.29, 1.82) is 0 Å². The lowest BCUT2D eigenvalue weighted by atomic mass is 10.2. The minimum atomic E-state index is 0.119. The van der Waals surface area contributed by atoms with Crippen molar-refractivity contribution in [2.24, 2.45) is 10.8 Å². The number of nitrogens with two attached hydrogens (primary N) is 1. The number of thiocarbonyl (C=S) groups is 1. The van der Waals surface area contributed by atoms with Crippen LogP contribution in [0.15, 0.2) is 27.8 Å². The average molecular weight is 316 g/mol. The van der Waals surface area contributed by atoms with Crippen LogP contribution in [0.2, 0.25) is 0 Å². The van der Waals surface area contributed by atoms with Crippen LogP contribution in [0.1, 0.15) is 19.4 Å². The standard InChI is InChI=1S/C11H14BrN3OS/c1-7(2)16-10-5-8(3-4-9(10)12)6-14-15-11(13)17/h3-7H,1-2H3,(H3,13,15,17). The molecule has 0 saturated heterocycles. The summed E-state index contributed by atoms with van der Waals surface area (Å²) in [5, 5.41) is 4.02. The van der Waals surface area contributed by atoms with Crippen LogP contribution in [0.3, 0.4) is 0 Å². The zero-order valence-corrected chi connectivity index (χ0v) is 12.0. The third-order valence-corrected chi connectivity index (χ3v) is 2.45. The van der Waals surface area contributed by atoms with Crippen LogP contribution in [0, 0.1) is 0 Å². The summed E-state index contributed by atoms with van der Waals surface area (Å²) in [7, 11) is 0. The number of halogens is 1. The number of benzene rings is 1. The molecule has 1 aromatic carbocycles. The largest absolute Gasteiger partial charge is 0.490 e. The number of hydrogen-bond acceptors (Lipinski definition) is 3. The Morgan fingerprint density at radius 2 is 2.29 bits per heavy atom. The summed E-state index contributed by atoms with van der Waals surface area (Å²) in [6.07, 6.45) is 1.74. The first-order chi connectivity index (χ1) is 7.99. The number of ether oxygens (including phenoxy) is 1. The molecule has 6 heteroatoms. The number of hydrogen-bond donors (Lipinski definition) is 2. The second-order valence-corrected chi connectivity index (χ2v) is 4.88. The molecule has 4 nitrogen and oxygen atoms in total. The van der Waals surface area contributed by atoms with E-state index >= 15 is 0 Å². The van der Waals surface area contributed by atoms with E-state index in [1.54, 1.807) is 6.21 Å².